The van der Waals surface area contributed by atoms with Crippen LogP contribution < -0.4 is 4.74 Å². The van der Waals surface area contributed by atoms with Gasteiger partial charge in [-0.25, -0.2) is 0 Å². The van der Waals surface area contributed by atoms with E-state index in [9.17, 15) is 0 Å². The fourth-order valence-corrected chi connectivity index (χ4v) is 3.29. The summed E-state index contributed by atoms with van der Waals surface area (Å²) in [5.41, 5.74) is 1.16. The Morgan fingerprint density at radius 3 is 2.45 bits per heavy atom. The van der Waals surface area contributed by atoms with Gasteiger partial charge in [0.2, 0.25) is 0 Å². The molecule has 1 saturated heterocycles. The molecule has 2 nitrogen and oxygen atoms in total. The summed E-state index contributed by atoms with van der Waals surface area (Å²) in [4.78, 5) is 3.30. The standard InChI is InChI=1S/C19H23NOS/c1-14(2)13-21-18-10-9-17(15-7-3-4-8-16(15)18)19(22)20-11-5-6-12-20/h3-4,7-10,14H,5-6,11-13H2,1-2H3. The van der Waals surface area contributed by atoms with E-state index in [2.05, 4.69) is 55.1 Å². The average molecular weight is 313 g/mol. The molecule has 3 rings (SSSR count). The summed E-state index contributed by atoms with van der Waals surface area (Å²) in [6.07, 6.45) is 2.49. The monoisotopic (exact) mass is 313 g/mol. The van der Waals surface area contributed by atoms with Gasteiger partial charge in [-0.1, -0.05) is 50.3 Å². The van der Waals surface area contributed by atoms with Gasteiger partial charge in [0.25, 0.3) is 0 Å². The van der Waals surface area contributed by atoms with Crippen molar-refractivity contribution in [2.45, 2.75) is 26.7 Å². The van der Waals surface area contributed by atoms with Crippen LogP contribution in [0.15, 0.2) is 36.4 Å². The van der Waals surface area contributed by atoms with E-state index < -0.39 is 0 Å². The Balaban J connectivity index is 1.98. The predicted molar refractivity (Wildman–Crippen MR) is 96.8 cm³/mol. The lowest BCUT2D eigenvalue weighted by molar-refractivity contribution is 0.274. The van der Waals surface area contributed by atoms with Gasteiger partial charge < -0.3 is 9.64 Å². The molecule has 0 amide bonds. The third-order valence-corrected chi connectivity index (χ3v) is 4.56. The zero-order valence-electron chi connectivity index (χ0n) is 13.3. The second-order valence-electron chi connectivity index (χ2n) is 6.36. The fraction of sp³-hybridized carbons (Fsp3) is 0.421. The molecular formula is C19H23NOS. The molecule has 1 heterocycles. The molecule has 0 unspecified atom stereocenters. The molecule has 0 aromatic heterocycles. The van der Waals surface area contributed by atoms with Gasteiger partial charge >= 0.3 is 0 Å². The predicted octanol–water partition coefficient (Wildman–Crippen LogP) is 4.65. The maximum absolute atomic E-state index is 5.98. The summed E-state index contributed by atoms with van der Waals surface area (Å²) in [7, 11) is 0. The van der Waals surface area contributed by atoms with Gasteiger partial charge in [0.05, 0.1) is 6.61 Å². The highest BCUT2D eigenvalue weighted by atomic mass is 32.1. The maximum atomic E-state index is 5.98. The summed E-state index contributed by atoms with van der Waals surface area (Å²) in [6, 6.07) is 12.6. The molecule has 22 heavy (non-hydrogen) atoms. The van der Waals surface area contributed by atoms with E-state index in [0.29, 0.717) is 5.92 Å². The fourth-order valence-electron chi connectivity index (χ4n) is 2.93. The van der Waals surface area contributed by atoms with Crippen molar-refractivity contribution in [1.29, 1.82) is 0 Å². The number of rotatable bonds is 4. The first-order valence-electron chi connectivity index (χ1n) is 8.10. The number of hydrogen-bond donors (Lipinski definition) is 0. The van der Waals surface area contributed by atoms with Crippen LogP contribution in [0.25, 0.3) is 10.8 Å². The van der Waals surface area contributed by atoms with E-state index in [0.717, 1.165) is 41.4 Å². The van der Waals surface area contributed by atoms with Gasteiger partial charge in [-0.2, -0.15) is 0 Å². The lowest BCUT2D eigenvalue weighted by Crippen LogP contribution is -2.26. The van der Waals surface area contributed by atoms with Crippen molar-refractivity contribution in [3.63, 3.8) is 0 Å². The zero-order valence-corrected chi connectivity index (χ0v) is 14.2. The lowest BCUT2D eigenvalue weighted by atomic mass is 10.0. The summed E-state index contributed by atoms with van der Waals surface area (Å²) >= 11 is 5.74. The molecule has 3 heteroatoms. The van der Waals surface area contributed by atoms with Crippen molar-refractivity contribution in [2.75, 3.05) is 19.7 Å². The quantitative estimate of drug-likeness (QED) is 0.763. The van der Waals surface area contributed by atoms with Crippen LogP contribution in [0.5, 0.6) is 5.75 Å². The molecule has 0 aliphatic carbocycles. The highest BCUT2D eigenvalue weighted by molar-refractivity contribution is 7.80. The summed E-state index contributed by atoms with van der Waals surface area (Å²) < 4.78 is 5.98. The van der Waals surface area contributed by atoms with Gasteiger partial charge in [0.1, 0.15) is 10.7 Å². The van der Waals surface area contributed by atoms with Gasteiger partial charge in [-0.15, -0.1) is 0 Å². The smallest absolute Gasteiger partial charge is 0.127 e. The molecule has 116 valence electrons. The van der Waals surface area contributed by atoms with Crippen LogP contribution in [-0.2, 0) is 0 Å². The number of nitrogens with zero attached hydrogens (tertiary/aromatic N) is 1. The van der Waals surface area contributed by atoms with Crippen molar-refractivity contribution >= 4 is 28.0 Å². The maximum Gasteiger partial charge on any atom is 0.127 e. The highest BCUT2D eigenvalue weighted by Crippen LogP contribution is 2.30. The Kier molecular flexibility index (Phi) is 4.63. The van der Waals surface area contributed by atoms with Crippen LogP contribution >= 0.6 is 12.2 Å². The van der Waals surface area contributed by atoms with E-state index in [1.165, 1.54) is 18.2 Å². The van der Waals surface area contributed by atoms with E-state index in [1.54, 1.807) is 0 Å². The molecule has 1 aliphatic heterocycles. The molecule has 1 aliphatic rings. The highest BCUT2D eigenvalue weighted by Gasteiger charge is 2.18. The number of likely N-dealkylation sites (tertiary alicyclic amines) is 1. The van der Waals surface area contributed by atoms with Gasteiger partial charge in [0, 0.05) is 24.0 Å². The summed E-state index contributed by atoms with van der Waals surface area (Å²) in [6.45, 7) is 7.23. The van der Waals surface area contributed by atoms with Gasteiger partial charge in [-0.05, 0) is 36.3 Å². The van der Waals surface area contributed by atoms with Gasteiger partial charge in [0.15, 0.2) is 0 Å². The molecule has 0 N–H and O–H groups in total. The number of benzene rings is 2. The van der Waals surface area contributed by atoms with Crippen molar-refractivity contribution < 1.29 is 4.74 Å². The topological polar surface area (TPSA) is 12.5 Å². The van der Waals surface area contributed by atoms with Crippen molar-refractivity contribution in [2.24, 2.45) is 5.92 Å². The van der Waals surface area contributed by atoms with Crippen molar-refractivity contribution in [1.82, 2.24) is 4.90 Å². The van der Waals surface area contributed by atoms with E-state index in [4.69, 9.17) is 17.0 Å². The molecule has 0 saturated carbocycles. The van der Waals surface area contributed by atoms with Crippen LogP contribution in [0.3, 0.4) is 0 Å². The Bertz CT molecular complexity index is 674. The molecule has 0 spiro atoms. The second-order valence-corrected chi connectivity index (χ2v) is 6.75. The minimum absolute atomic E-state index is 0.518. The first kappa shape index (κ1) is 15.3. The Hall–Kier alpha value is -1.61. The molecule has 1 fully saturated rings. The molecule has 2 aromatic rings. The van der Waals surface area contributed by atoms with Crippen LogP contribution in [0.1, 0.15) is 32.3 Å². The molecule has 2 aromatic carbocycles. The summed E-state index contributed by atoms with van der Waals surface area (Å²) in [5.74, 6) is 1.47. The van der Waals surface area contributed by atoms with Crippen LogP contribution in [0.4, 0.5) is 0 Å². The SMILES string of the molecule is CC(C)COc1ccc(C(=S)N2CCCC2)c2ccccc12. The number of hydrogen-bond acceptors (Lipinski definition) is 2. The Labute approximate surface area is 138 Å². The first-order chi connectivity index (χ1) is 10.7. The van der Waals surface area contributed by atoms with Crippen LogP contribution in [0.2, 0.25) is 0 Å². The number of ether oxygens (including phenoxy) is 1. The minimum atomic E-state index is 0.518. The molecule has 0 radical (unpaired) electrons. The van der Waals surface area contributed by atoms with E-state index in [1.807, 2.05) is 0 Å². The Morgan fingerprint density at radius 1 is 1.09 bits per heavy atom. The normalized spacial score (nSPS) is 14.8. The molecular weight excluding hydrogens is 290 g/mol. The second kappa shape index (κ2) is 6.66. The summed E-state index contributed by atoms with van der Waals surface area (Å²) in [5, 5.41) is 2.35. The number of fused-ring (bicyclic) bond motifs is 1. The molecule has 0 atom stereocenters. The van der Waals surface area contributed by atoms with Crippen molar-refractivity contribution in [3.8, 4) is 5.75 Å². The average Bonchev–Trinajstić information content (AvgIpc) is 3.06. The third kappa shape index (κ3) is 3.09. The largest absolute Gasteiger partial charge is 0.493 e. The van der Waals surface area contributed by atoms with Crippen molar-refractivity contribution in [3.05, 3.63) is 42.0 Å². The Morgan fingerprint density at radius 2 is 1.77 bits per heavy atom. The lowest BCUT2D eigenvalue weighted by Gasteiger charge is -2.21. The van der Waals surface area contributed by atoms with Crippen LogP contribution in [-0.4, -0.2) is 29.6 Å². The minimum Gasteiger partial charge on any atom is -0.493 e. The van der Waals surface area contributed by atoms with Gasteiger partial charge in [-0.3, -0.25) is 0 Å². The van der Waals surface area contributed by atoms with E-state index in [-0.39, 0.29) is 0 Å². The third-order valence-electron chi connectivity index (χ3n) is 4.08. The zero-order chi connectivity index (χ0) is 15.5. The van der Waals surface area contributed by atoms with Crippen LogP contribution in [0, 0.1) is 5.92 Å². The van der Waals surface area contributed by atoms with E-state index >= 15 is 0 Å². The first-order valence-corrected chi connectivity index (χ1v) is 8.51. The molecule has 0 bridgehead atoms. The number of thiocarbonyl (C=S) groups is 1.